The zero-order valence-corrected chi connectivity index (χ0v) is 3.38. The molecule has 2 N–H and O–H groups in total. The number of Topliss-reactive ketones (excluding diaryl/α,β-unsaturated/α-hetero) is 1. The Morgan fingerprint density at radius 2 is 1.33 bits per heavy atom. The Hall–Kier alpha value is -0.410. The highest BCUT2D eigenvalue weighted by Gasteiger charge is 1.99. The molecule has 3 heteroatoms. The molecule has 0 bridgehead atoms. The van der Waals surface area contributed by atoms with Crippen LogP contribution in [0.25, 0.3) is 0 Å². The summed E-state index contributed by atoms with van der Waals surface area (Å²) in [5, 5.41) is 15.7. The predicted octanol–water partition coefficient (Wildman–Crippen LogP) is 0.794. The fourth-order valence-electron chi connectivity index (χ4n) is 0. The zero-order chi connectivity index (χ0) is 5.15. The van der Waals surface area contributed by atoms with Crippen LogP contribution in [0.5, 0.6) is 0 Å². The van der Waals surface area contributed by atoms with Crippen LogP contribution in [0, 0.1) is 0 Å². The number of aliphatic hydroxyl groups excluding tert-OH is 1. The van der Waals surface area contributed by atoms with E-state index in [2.05, 4.69) is 0 Å². The number of aliphatic hydroxyl groups is 2. The third-order valence-electron chi connectivity index (χ3n) is 0.364. The van der Waals surface area contributed by atoms with E-state index in [0.29, 0.717) is 0 Å². The largest absolute Gasteiger partial charge is 0.362 e. The fraction of sp³-hybridized carbons (Fsp3) is 0.833. The van der Waals surface area contributed by atoms with E-state index in [1.807, 2.05) is 0 Å². The molecular formula is C6H18O3. The zero-order valence-electron chi connectivity index (χ0n) is 3.38. The van der Waals surface area contributed by atoms with Crippen LogP contribution in [0.15, 0.2) is 0 Å². The lowest BCUT2D eigenvalue weighted by Crippen LogP contribution is -2.14. The van der Waals surface area contributed by atoms with E-state index in [4.69, 9.17) is 10.2 Å². The van der Waals surface area contributed by atoms with Gasteiger partial charge in [-0.05, 0) is 6.92 Å². The highest BCUT2D eigenvalue weighted by atomic mass is 16.5. The molecule has 0 unspecified atom stereocenters. The van der Waals surface area contributed by atoms with Gasteiger partial charge >= 0.3 is 0 Å². The summed E-state index contributed by atoms with van der Waals surface area (Å²) in [7, 11) is 0. The van der Waals surface area contributed by atoms with Crippen LogP contribution in [0.2, 0.25) is 0 Å². The van der Waals surface area contributed by atoms with E-state index in [-0.39, 0.29) is 22.3 Å². The summed E-state index contributed by atoms with van der Waals surface area (Å²) in [4.78, 5) is 9.64. The monoisotopic (exact) mass is 138 g/mol. The lowest BCUT2D eigenvalue weighted by molar-refractivity contribution is -0.142. The number of ketones is 1. The Kier molecular flexibility index (Phi) is 27.5. The molecule has 0 heterocycles. The molecule has 0 rings (SSSR count). The Bertz CT molecular complexity index is 59.3. The van der Waals surface area contributed by atoms with Gasteiger partial charge in [0.15, 0.2) is 5.78 Å². The van der Waals surface area contributed by atoms with Gasteiger partial charge in [0.2, 0.25) is 6.29 Å². The van der Waals surface area contributed by atoms with Crippen molar-refractivity contribution < 1.29 is 15.0 Å². The van der Waals surface area contributed by atoms with Crippen LogP contribution >= 0.6 is 0 Å². The number of hydrogen-bond donors (Lipinski definition) is 2. The molecule has 0 aromatic heterocycles. The molecule has 60 valence electrons. The third-order valence-corrected chi connectivity index (χ3v) is 0.364. The maximum atomic E-state index is 9.64. The molecule has 0 aliphatic carbocycles. The number of carbonyl (C=O) groups is 1. The molecule has 9 heavy (non-hydrogen) atoms. The molecule has 0 saturated carbocycles. The van der Waals surface area contributed by atoms with Gasteiger partial charge in [0.05, 0.1) is 0 Å². The Labute approximate surface area is 57.3 Å². The first-order valence-electron chi connectivity index (χ1n) is 1.51. The van der Waals surface area contributed by atoms with Crippen molar-refractivity contribution in [2.75, 3.05) is 0 Å². The van der Waals surface area contributed by atoms with E-state index in [0.717, 1.165) is 6.92 Å². The summed E-state index contributed by atoms with van der Waals surface area (Å²) in [6.07, 6.45) is -1.79. The van der Waals surface area contributed by atoms with Crippen LogP contribution in [0.1, 0.15) is 29.2 Å². The molecule has 0 aliphatic heterocycles. The second-order valence-electron chi connectivity index (χ2n) is 0.984. The molecule has 0 spiro atoms. The first-order valence-corrected chi connectivity index (χ1v) is 1.51. The van der Waals surface area contributed by atoms with E-state index >= 15 is 0 Å². The molecular weight excluding hydrogens is 120 g/mol. The van der Waals surface area contributed by atoms with Gasteiger partial charge in [0, 0.05) is 0 Å². The lowest BCUT2D eigenvalue weighted by atomic mass is 10.4. The minimum Gasteiger partial charge on any atom is -0.362 e. The molecule has 0 aliphatic rings. The van der Waals surface area contributed by atoms with Crippen LogP contribution in [-0.4, -0.2) is 22.3 Å². The van der Waals surface area contributed by atoms with E-state index in [1.54, 1.807) is 0 Å². The Balaban J connectivity index is -0.0000000417. The normalized spacial score (nSPS) is 6.22. The minimum absolute atomic E-state index is 0. The van der Waals surface area contributed by atoms with Gasteiger partial charge in [-0.3, -0.25) is 4.79 Å². The topological polar surface area (TPSA) is 57.5 Å². The maximum Gasteiger partial charge on any atom is 0.212 e. The lowest BCUT2D eigenvalue weighted by Gasteiger charge is -1.90. The third kappa shape index (κ3) is 18.4. The van der Waals surface area contributed by atoms with Crippen molar-refractivity contribution in [3.63, 3.8) is 0 Å². The van der Waals surface area contributed by atoms with Gasteiger partial charge in [0.25, 0.3) is 0 Å². The molecule has 0 fully saturated rings. The number of rotatable bonds is 1. The molecule has 0 aromatic rings. The number of hydrogen-bond acceptors (Lipinski definition) is 3. The van der Waals surface area contributed by atoms with Gasteiger partial charge in [-0.1, -0.05) is 22.3 Å². The summed E-state index contributed by atoms with van der Waals surface area (Å²) < 4.78 is 0. The van der Waals surface area contributed by atoms with E-state index in [9.17, 15) is 4.79 Å². The Morgan fingerprint density at radius 1 is 1.22 bits per heavy atom. The van der Waals surface area contributed by atoms with Crippen LogP contribution in [0.4, 0.5) is 0 Å². The van der Waals surface area contributed by atoms with Crippen LogP contribution < -0.4 is 0 Å². The summed E-state index contributed by atoms with van der Waals surface area (Å²) in [6, 6.07) is 0. The number of carbonyl (C=O) groups excluding carboxylic acids is 1. The summed E-state index contributed by atoms with van der Waals surface area (Å²) in [6.45, 7) is 1.10. The average Bonchev–Trinajstić information content (AvgIpc) is 1.36. The molecule has 0 atom stereocenters. The second-order valence-corrected chi connectivity index (χ2v) is 0.984. The second kappa shape index (κ2) is 10.5. The Morgan fingerprint density at radius 3 is 1.33 bits per heavy atom. The minimum atomic E-state index is -1.79. The van der Waals surface area contributed by atoms with Crippen molar-refractivity contribution in [2.45, 2.75) is 35.5 Å². The first-order chi connectivity index (χ1) is 2.64. The SMILES string of the molecule is C.C.C.CC(=O)C(O)O. The van der Waals surface area contributed by atoms with Crippen LogP contribution in [-0.2, 0) is 4.79 Å². The molecule has 0 amide bonds. The van der Waals surface area contributed by atoms with Gasteiger partial charge < -0.3 is 10.2 Å². The van der Waals surface area contributed by atoms with Gasteiger partial charge in [-0.2, -0.15) is 0 Å². The smallest absolute Gasteiger partial charge is 0.212 e. The van der Waals surface area contributed by atoms with Crippen molar-refractivity contribution in [1.29, 1.82) is 0 Å². The average molecular weight is 138 g/mol. The fourth-order valence-corrected chi connectivity index (χ4v) is 0. The van der Waals surface area contributed by atoms with E-state index < -0.39 is 12.1 Å². The first kappa shape index (κ1) is 23.5. The summed E-state index contributed by atoms with van der Waals surface area (Å²) in [5.41, 5.74) is 0. The van der Waals surface area contributed by atoms with Crippen molar-refractivity contribution in [1.82, 2.24) is 0 Å². The predicted molar refractivity (Wildman–Crippen MR) is 39.1 cm³/mol. The van der Waals surface area contributed by atoms with Crippen molar-refractivity contribution in [2.24, 2.45) is 0 Å². The summed E-state index contributed by atoms with van der Waals surface area (Å²) in [5.74, 6) is -0.630. The van der Waals surface area contributed by atoms with Gasteiger partial charge in [-0.15, -0.1) is 0 Å². The van der Waals surface area contributed by atoms with Crippen molar-refractivity contribution in [3.05, 3.63) is 0 Å². The quantitative estimate of drug-likeness (QED) is 0.527. The van der Waals surface area contributed by atoms with Crippen molar-refractivity contribution >= 4 is 5.78 Å². The molecule has 0 radical (unpaired) electrons. The van der Waals surface area contributed by atoms with Gasteiger partial charge in [-0.25, -0.2) is 0 Å². The molecule has 0 aromatic carbocycles. The highest BCUT2D eigenvalue weighted by Crippen LogP contribution is 1.72. The molecule has 0 saturated heterocycles. The standard InChI is InChI=1S/C3H6O3.3CH4/c1-2(4)3(5)6;;;/h3,5-6H,1H3;3*1H4. The maximum absolute atomic E-state index is 9.64. The van der Waals surface area contributed by atoms with Crippen molar-refractivity contribution in [3.8, 4) is 0 Å². The van der Waals surface area contributed by atoms with Gasteiger partial charge in [0.1, 0.15) is 0 Å². The van der Waals surface area contributed by atoms with E-state index in [1.165, 1.54) is 0 Å². The van der Waals surface area contributed by atoms with Crippen LogP contribution in [0.3, 0.4) is 0 Å². The molecule has 3 nitrogen and oxygen atoms in total. The highest BCUT2D eigenvalue weighted by molar-refractivity contribution is 5.78. The summed E-state index contributed by atoms with van der Waals surface area (Å²) >= 11 is 0.